The van der Waals surface area contributed by atoms with E-state index < -0.39 is 0 Å². The molecule has 3 nitrogen and oxygen atoms in total. The van der Waals surface area contributed by atoms with Gasteiger partial charge in [0.2, 0.25) is 0 Å². The third-order valence-electron chi connectivity index (χ3n) is 1.38. The molecule has 0 aliphatic rings. The number of nitrogens with two attached hydrogens (primary N) is 1. The lowest BCUT2D eigenvalue weighted by atomic mass is 10.5. The second-order valence-corrected chi connectivity index (χ2v) is 3.25. The summed E-state index contributed by atoms with van der Waals surface area (Å²) in [5.41, 5.74) is 6.24. The highest BCUT2D eigenvalue weighted by Crippen LogP contribution is 2.18. The summed E-state index contributed by atoms with van der Waals surface area (Å²) in [6.07, 6.45) is 1.74. The van der Waals surface area contributed by atoms with Gasteiger partial charge < -0.3 is 5.73 Å². The number of thiazole rings is 1. The number of hydrogen-bond acceptors (Lipinski definition) is 4. The van der Waals surface area contributed by atoms with Gasteiger partial charge in [-0.2, -0.15) is 0 Å². The largest absolute Gasteiger partial charge is 0.325 e. The zero-order chi connectivity index (χ0) is 7.68. The van der Waals surface area contributed by atoms with E-state index in [2.05, 4.69) is 9.97 Å². The molecule has 0 fully saturated rings. The van der Waals surface area contributed by atoms with Crippen molar-refractivity contribution in [1.82, 2.24) is 9.97 Å². The minimum absolute atomic E-state index is 0.501. The van der Waals surface area contributed by atoms with E-state index in [1.165, 1.54) is 0 Å². The highest BCUT2D eigenvalue weighted by atomic mass is 32.1. The predicted octanol–water partition coefficient (Wildman–Crippen LogP) is 1.15. The summed E-state index contributed by atoms with van der Waals surface area (Å²) in [5.74, 6) is 0. The fraction of sp³-hybridized carbons (Fsp3) is 0.143. The first-order chi connectivity index (χ1) is 5.40. The molecule has 0 bridgehead atoms. The topological polar surface area (TPSA) is 51.8 Å². The van der Waals surface area contributed by atoms with Crippen molar-refractivity contribution in [3.05, 3.63) is 23.3 Å². The average molecular weight is 165 g/mol. The Morgan fingerprint density at radius 2 is 2.45 bits per heavy atom. The predicted molar refractivity (Wildman–Crippen MR) is 45.3 cm³/mol. The molecule has 0 aliphatic carbocycles. The molecule has 0 aromatic carbocycles. The summed E-state index contributed by atoms with van der Waals surface area (Å²) in [6, 6.07) is 3.90. The Morgan fingerprint density at radius 1 is 1.55 bits per heavy atom. The van der Waals surface area contributed by atoms with Gasteiger partial charge in [-0.05, 0) is 12.1 Å². The molecule has 0 atom stereocenters. The Balaban J connectivity index is 2.69. The Kier molecular flexibility index (Phi) is 1.56. The standard InChI is InChI=1S/C7H7N3S/c8-4-6-10-7-5(11-6)2-1-3-9-7/h1-3H,4,8H2. The molecule has 0 saturated heterocycles. The second-order valence-electron chi connectivity index (χ2n) is 2.14. The van der Waals surface area contributed by atoms with Gasteiger partial charge in [-0.25, -0.2) is 9.97 Å². The van der Waals surface area contributed by atoms with E-state index in [-0.39, 0.29) is 0 Å². The summed E-state index contributed by atoms with van der Waals surface area (Å²) in [7, 11) is 0. The van der Waals surface area contributed by atoms with Crippen LogP contribution in [0.25, 0.3) is 10.3 Å². The number of hydrogen-bond donors (Lipinski definition) is 1. The summed E-state index contributed by atoms with van der Waals surface area (Å²) >= 11 is 1.60. The molecule has 0 unspecified atom stereocenters. The molecule has 2 heterocycles. The van der Waals surface area contributed by atoms with Crippen molar-refractivity contribution in [2.75, 3.05) is 0 Å². The maximum atomic E-state index is 5.43. The monoisotopic (exact) mass is 165 g/mol. The lowest BCUT2D eigenvalue weighted by molar-refractivity contribution is 1.04. The molecule has 0 amide bonds. The highest BCUT2D eigenvalue weighted by Gasteiger charge is 2.00. The van der Waals surface area contributed by atoms with Crippen LogP contribution in [0.2, 0.25) is 0 Å². The van der Waals surface area contributed by atoms with Crippen LogP contribution in [0.3, 0.4) is 0 Å². The first-order valence-electron chi connectivity index (χ1n) is 3.30. The Labute approximate surface area is 67.9 Å². The first-order valence-corrected chi connectivity index (χ1v) is 4.12. The smallest absolute Gasteiger partial charge is 0.170 e. The van der Waals surface area contributed by atoms with Gasteiger partial charge in [0.25, 0.3) is 0 Å². The number of aromatic nitrogens is 2. The third-order valence-corrected chi connectivity index (χ3v) is 2.42. The molecule has 0 saturated carbocycles. The average Bonchev–Trinajstić information content (AvgIpc) is 2.46. The van der Waals surface area contributed by atoms with Gasteiger partial charge in [-0.3, -0.25) is 0 Å². The Bertz CT molecular complexity index is 335. The summed E-state index contributed by atoms with van der Waals surface area (Å²) in [6.45, 7) is 0.501. The highest BCUT2D eigenvalue weighted by molar-refractivity contribution is 7.18. The van der Waals surface area contributed by atoms with Crippen molar-refractivity contribution in [2.45, 2.75) is 6.54 Å². The fourth-order valence-electron chi connectivity index (χ4n) is 0.901. The number of fused-ring (bicyclic) bond motifs is 1. The quantitative estimate of drug-likeness (QED) is 0.689. The minimum atomic E-state index is 0.501. The molecule has 11 heavy (non-hydrogen) atoms. The van der Waals surface area contributed by atoms with Crippen LogP contribution in [-0.2, 0) is 6.54 Å². The number of nitrogens with zero attached hydrogens (tertiary/aromatic N) is 2. The first kappa shape index (κ1) is 6.69. The lowest BCUT2D eigenvalue weighted by Crippen LogP contribution is -1.93. The Morgan fingerprint density at radius 3 is 3.18 bits per heavy atom. The zero-order valence-corrected chi connectivity index (χ0v) is 6.64. The second kappa shape index (κ2) is 2.56. The van der Waals surface area contributed by atoms with Gasteiger partial charge in [-0.1, -0.05) is 0 Å². The maximum absolute atomic E-state index is 5.43. The van der Waals surface area contributed by atoms with E-state index in [0.29, 0.717) is 6.54 Å². The third kappa shape index (κ3) is 1.10. The van der Waals surface area contributed by atoms with Gasteiger partial charge in [0.05, 0.1) is 4.70 Å². The summed E-state index contributed by atoms with van der Waals surface area (Å²) in [5, 5.41) is 0.943. The normalized spacial score (nSPS) is 10.6. The molecule has 56 valence electrons. The van der Waals surface area contributed by atoms with Crippen LogP contribution in [0, 0.1) is 0 Å². The molecule has 0 radical (unpaired) electrons. The molecule has 2 rings (SSSR count). The van der Waals surface area contributed by atoms with Gasteiger partial charge in [0.15, 0.2) is 5.65 Å². The van der Waals surface area contributed by atoms with Crippen LogP contribution in [-0.4, -0.2) is 9.97 Å². The molecule has 0 spiro atoms. The lowest BCUT2D eigenvalue weighted by Gasteiger charge is -1.80. The number of pyridine rings is 1. The van der Waals surface area contributed by atoms with E-state index in [9.17, 15) is 0 Å². The molecule has 2 N–H and O–H groups in total. The van der Waals surface area contributed by atoms with Gasteiger partial charge in [0, 0.05) is 12.7 Å². The SMILES string of the molecule is NCc1nc2ncccc2s1. The van der Waals surface area contributed by atoms with Crippen molar-refractivity contribution < 1.29 is 0 Å². The van der Waals surface area contributed by atoms with Crippen LogP contribution in [0.1, 0.15) is 5.01 Å². The van der Waals surface area contributed by atoms with Crippen LogP contribution >= 0.6 is 11.3 Å². The van der Waals surface area contributed by atoms with E-state index in [1.807, 2.05) is 12.1 Å². The van der Waals surface area contributed by atoms with Crippen molar-refractivity contribution in [1.29, 1.82) is 0 Å². The van der Waals surface area contributed by atoms with Gasteiger partial charge in [-0.15, -0.1) is 11.3 Å². The Hall–Kier alpha value is -1.000. The van der Waals surface area contributed by atoms with E-state index in [0.717, 1.165) is 15.4 Å². The van der Waals surface area contributed by atoms with Crippen LogP contribution in [0.5, 0.6) is 0 Å². The molecule has 2 aromatic rings. The van der Waals surface area contributed by atoms with E-state index in [4.69, 9.17) is 5.73 Å². The van der Waals surface area contributed by atoms with Crippen molar-refractivity contribution >= 4 is 21.7 Å². The summed E-state index contributed by atoms with van der Waals surface area (Å²) in [4.78, 5) is 8.31. The maximum Gasteiger partial charge on any atom is 0.170 e. The molecule has 4 heteroatoms. The molecule has 0 aliphatic heterocycles. The van der Waals surface area contributed by atoms with Crippen molar-refractivity contribution in [3.63, 3.8) is 0 Å². The van der Waals surface area contributed by atoms with Gasteiger partial charge in [0.1, 0.15) is 5.01 Å². The van der Waals surface area contributed by atoms with Crippen LogP contribution in [0.4, 0.5) is 0 Å². The molecule has 2 aromatic heterocycles. The number of rotatable bonds is 1. The van der Waals surface area contributed by atoms with Crippen molar-refractivity contribution in [2.24, 2.45) is 5.73 Å². The molecular weight excluding hydrogens is 158 g/mol. The zero-order valence-electron chi connectivity index (χ0n) is 5.82. The van der Waals surface area contributed by atoms with Crippen LogP contribution < -0.4 is 5.73 Å². The molecular formula is C7H7N3S. The van der Waals surface area contributed by atoms with Gasteiger partial charge >= 0.3 is 0 Å². The van der Waals surface area contributed by atoms with E-state index in [1.54, 1.807) is 17.5 Å². The van der Waals surface area contributed by atoms with E-state index >= 15 is 0 Å². The minimum Gasteiger partial charge on any atom is -0.325 e. The summed E-state index contributed by atoms with van der Waals surface area (Å²) < 4.78 is 1.10. The van der Waals surface area contributed by atoms with Crippen molar-refractivity contribution in [3.8, 4) is 0 Å². The van der Waals surface area contributed by atoms with Crippen LogP contribution in [0.15, 0.2) is 18.3 Å². The fourth-order valence-corrected chi connectivity index (χ4v) is 1.71.